The Kier molecular flexibility index (Phi) is 7.84. The zero-order valence-electron chi connectivity index (χ0n) is 15.8. The van der Waals surface area contributed by atoms with E-state index in [0.29, 0.717) is 6.54 Å². The van der Waals surface area contributed by atoms with E-state index in [1.807, 2.05) is 30.3 Å². The molecular weight excluding hydrogens is 378 g/mol. The maximum Gasteiger partial charge on any atom is 0.338 e. The van der Waals surface area contributed by atoms with Crippen LogP contribution in [0.5, 0.6) is 0 Å². The van der Waals surface area contributed by atoms with E-state index in [9.17, 15) is 24.5 Å². The van der Waals surface area contributed by atoms with Crippen LogP contribution in [0.1, 0.15) is 39.6 Å². The fraction of sp³-hybridized carbons (Fsp3) is 0.250. The van der Waals surface area contributed by atoms with Gasteiger partial charge in [0.2, 0.25) is 5.91 Å². The molecule has 29 heavy (non-hydrogen) atoms. The molecule has 2 aromatic carbocycles. The van der Waals surface area contributed by atoms with Crippen LogP contribution in [-0.4, -0.2) is 35.9 Å². The van der Waals surface area contributed by atoms with Crippen LogP contribution in [0.2, 0.25) is 0 Å². The van der Waals surface area contributed by atoms with Gasteiger partial charge in [-0.2, -0.15) is 0 Å². The second kappa shape index (κ2) is 10.5. The summed E-state index contributed by atoms with van der Waals surface area (Å²) in [5, 5.41) is 16.3. The largest absolute Gasteiger partial charge is 0.462 e. The average molecular weight is 399 g/mol. The summed E-state index contributed by atoms with van der Waals surface area (Å²) in [5.74, 6) is -1.64. The van der Waals surface area contributed by atoms with Crippen molar-refractivity contribution in [3.63, 3.8) is 0 Å². The Hall–Kier alpha value is -3.75. The molecule has 0 aliphatic carbocycles. The summed E-state index contributed by atoms with van der Waals surface area (Å²) in [6, 6.07) is 12.7. The number of esters is 1. The van der Waals surface area contributed by atoms with Gasteiger partial charge in [-0.3, -0.25) is 19.7 Å². The van der Waals surface area contributed by atoms with Crippen molar-refractivity contribution in [1.82, 2.24) is 10.6 Å². The number of ether oxygens (including phenoxy) is 1. The number of nitro benzene ring substituents is 1. The van der Waals surface area contributed by atoms with Crippen molar-refractivity contribution >= 4 is 23.5 Å². The topological polar surface area (TPSA) is 128 Å². The first-order valence-corrected chi connectivity index (χ1v) is 8.96. The van der Waals surface area contributed by atoms with Crippen LogP contribution < -0.4 is 10.6 Å². The fourth-order valence-electron chi connectivity index (χ4n) is 2.46. The number of nitrogens with zero attached hydrogens (tertiary/aromatic N) is 1. The molecule has 0 saturated carbocycles. The molecule has 2 amide bonds. The first-order chi connectivity index (χ1) is 13.9. The van der Waals surface area contributed by atoms with E-state index in [4.69, 9.17) is 4.74 Å². The third kappa shape index (κ3) is 6.73. The zero-order chi connectivity index (χ0) is 21.2. The lowest BCUT2D eigenvalue weighted by Gasteiger charge is -2.08. The summed E-state index contributed by atoms with van der Waals surface area (Å²) >= 11 is 0. The predicted octanol–water partition coefficient (Wildman–Crippen LogP) is 2.21. The lowest BCUT2D eigenvalue weighted by molar-refractivity contribution is -0.384. The van der Waals surface area contributed by atoms with Crippen molar-refractivity contribution in [2.45, 2.75) is 19.9 Å². The molecule has 9 nitrogen and oxygen atoms in total. The predicted molar refractivity (Wildman–Crippen MR) is 104 cm³/mol. The molecule has 9 heteroatoms. The molecule has 2 N–H and O–H groups in total. The van der Waals surface area contributed by atoms with Crippen LogP contribution >= 0.6 is 0 Å². The number of hydrogen-bond acceptors (Lipinski definition) is 6. The molecule has 0 unspecified atom stereocenters. The van der Waals surface area contributed by atoms with E-state index in [1.165, 1.54) is 6.07 Å². The molecule has 0 fully saturated rings. The Morgan fingerprint density at radius 3 is 2.38 bits per heavy atom. The zero-order valence-corrected chi connectivity index (χ0v) is 15.8. The highest BCUT2D eigenvalue weighted by molar-refractivity contribution is 5.99. The molecule has 152 valence electrons. The average Bonchev–Trinajstić information content (AvgIpc) is 2.72. The van der Waals surface area contributed by atoms with Crippen molar-refractivity contribution in [3.8, 4) is 0 Å². The molecule has 0 radical (unpaired) electrons. The Balaban J connectivity index is 1.93. The molecule has 0 bridgehead atoms. The first-order valence-electron chi connectivity index (χ1n) is 8.96. The van der Waals surface area contributed by atoms with E-state index < -0.39 is 22.5 Å². The van der Waals surface area contributed by atoms with E-state index >= 15 is 0 Å². The van der Waals surface area contributed by atoms with E-state index in [1.54, 1.807) is 6.92 Å². The van der Waals surface area contributed by atoms with Crippen molar-refractivity contribution in [2.24, 2.45) is 0 Å². The van der Waals surface area contributed by atoms with Gasteiger partial charge in [0.25, 0.3) is 11.6 Å². The Morgan fingerprint density at radius 1 is 1.03 bits per heavy atom. The number of nitrogens with one attached hydrogen (secondary N) is 2. The molecule has 0 saturated heterocycles. The summed E-state index contributed by atoms with van der Waals surface area (Å²) < 4.78 is 4.83. The third-order valence-electron chi connectivity index (χ3n) is 3.87. The monoisotopic (exact) mass is 399 g/mol. The number of nitro groups is 1. The van der Waals surface area contributed by atoms with Crippen molar-refractivity contribution in [2.75, 3.05) is 13.2 Å². The second-order valence-electron chi connectivity index (χ2n) is 6.01. The highest BCUT2D eigenvalue weighted by atomic mass is 16.6. The quantitative estimate of drug-likeness (QED) is 0.378. The van der Waals surface area contributed by atoms with Gasteiger partial charge < -0.3 is 15.4 Å². The van der Waals surface area contributed by atoms with Gasteiger partial charge >= 0.3 is 5.97 Å². The van der Waals surface area contributed by atoms with E-state index in [-0.39, 0.29) is 36.6 Å². The Bertz CT molecular complexity index is 898. The van der Waals surface area contributed by atoms with Crippen molar-refractivity contribution in [1.29, 1.82) is 0 Å². The molecule has 0 atom stereocenters. The Morgan fingerprint density at radius 2 is 1.72 bits per heavy atom. The summed E-state index contributed by atoms with van der Waals surface area (Å²) in [6.07, 6.45) is 0.0399. The summed E-state index contributed by atoms with van der Waals surface area (Å²) in [4.78, 5) is 46.4. The van der Waals surface area contributed by atoms with Gasteiger partial charge in [0.15, 0.2) is 0 Å². The van der Waals surface area contributed by atoms with Crippen molar-refractivity contribution < 1.29 is 24.0 Å². The van der Waals surface area contributed by atoms with Gasteiger partial charge in [0.05, 0.1) is 17.1 Å². The molecule has 0 aromatic heterocycles. The normalized spacial score (nSPS) is 10.1. The fourth-order valence-corrected chi connectivity index (χ4v) is 2.46. The maximum atomic E-state index is 12.3. The smallest absolute Gasteiger partial charge is 0.338 e. The molecule has 0 aliphatic rings. The molecule has 2 rings (SSSR count). The molecular formula is C20H21N3O6. The highest BCUT2D eigenvalue weighted by Gasteiger charge is 2.18. The minimum Gasteiger partial charge on any atom is -0.462 e. The van der Waals surface area contributed by atoms with Gasteiger partial charge in [-0.05, 0) is 18.6 Å². The van der Waals surface area contributed by atoms with Crippen LogP contribution in [0, 0.1) is 10.1 Å². The number of carbonyl (C=O) groups excluding carboxylic acids is 3. The van der Waals surface area contributed by atoms with E-state index in [0.717, 1.165) is 17.7 Å². The SMILES string of the molecule is CCOC(=O)c1cc(C(=O)NCCC(=O)NCc2ccccc2)cc([N+](=O)[O-])c1. The number of hydrogen-bond donors (Lipinski definition) is 2. The summed E-state index contributed by atoms with van der Waals surface area (Å²) in [6.45, 7) is 2.12. The van der Waals surface area contributed by atoms with Crippen LogP contribution in [0.3, 0.4) is 0 Å². The van der Waals surface area contributed by atoms with Crippen LogP contribution in [0.25, 0.3) is 0 Å². The highest BCUT2D eigenvalue weighted by Crippen LogP contribution is 2.18. The van der Waals surface area contributed by atoms with Crippen LogP contribution in [0.15, 0.2) is 48.5 Å². The molecule has 2 aromatic rings. The number of carbonyl (C=O) groups is 3. The van der Waals surface area contributed by atoms with Gasteiger partial charge in [0, 0.05) is 37.2 Å². The number of amides is 2. The molecule has 0 aliphatic heterocycles. The van der Waals surface area contributed by atoms with Gasteiger partial charge in [-0.15, -0.1) is 0 Å². The minimum absolute atomic E-state index is 0.0386. The van der Waals surface area contributed by atoms with Crippen molar-refractivity contribution in [3.05, 3.63) is 75.3 Å². The lowest BCUT2D eigenvalue weighted by atomic mass is 10.1. The number of rotatable bonds is 9. The van der Waals surface area contributed by atoms with Gasteiger partial charge in [-0.25, -0.2) is 4.79 Å². The van der Waals surface area contributed by atoms with Crippen LogP contribution in [-0.2, 0) is 16.1 Å². The Labute approximate surface area is 167 Å². The molecule has 0 heterocycles. The van der Waals surface area contributed by atoms with Gasteiger partial charge in [0.1, 0.15) is 0 Å². The second-order valence-corrected chi connectivity index (χ2v) is 6.01. The summed E-state index contributed by atoms with van der Waals surface area (Å²) in [5.41, 5.74) is 0.396. The maximum absolute atomic E-state index is 12.3. The standard InChI is InChI=1S/C20H21N3O6/c1-2-29-20(26)16-10-15(11-17(12-16)23(27)28)19(25)21-9-8-18(24)22-13-14-6-4-3-5-7-14/h3-7,10-12H,2,8-9,13H2,1H3,(H,21,25)(H,22,24). The lowest BCUT2D eigenvalue weighted by Crippen LogP contribution is -2.30. The number of benzene rings is 2. The third-order valence-corrected chi connectivity index (χ3v) is 3.87. The molecule has 0 spiro atoms. The van der Waals surface area contributed by atoms with Crippen LogP contribution in [0.4, 0.5) is 5.69 Å². The summed E-state index contributed by atoms with van der Waals surface area (Å²) in [7, 11) is 0. The number of non-ortho nitro benzene ring substituents is 1. The van der Waals surface area contributed by atoms with E-state index in [2.05, 4.69) is 10.6 Å². The van der Waals surface area contributed by atoms with Gasteiger partial charge in [-0.1, -0.05) is 30.3 Å². The first kappa shape index (κ1) is 21.5. The minimum atomic E-state index is -0.759.